The van der Waals surface area contributed by atoms with E-state index in [2.05, 4.69) is 17.2 Å². The molecule has 0 unspecified atom stereocenters. The first kappa shape index (κ1) is 15.1. The van der Waals surface area contributed by atoms with Gasteiger partial charge in [-0.15, -0.1) is 0 Å². The molecular weight excluding hydrogens is 338 g/mol. The molecule has 1 aromatic heterocycles. The highest BCUT2D eigenvalue weighted by atomic mass is 35.5. The van der Waals surface area contributed by atoms with Gasteiger partial charge >= 0.3 is 0 Å². The van der Waals surface area contributed by atoms with Crippen LogP contribution in [0.2, 0.25) is 5.02 Å². The second-order valence-corrected chi connectivity index (χ2v) is 6.11. The molecule has 0 atom stereocenters. The van der Waals surface area contributed by atoms with Gasteiger partial charge in [0.25, 0.3) is 0 Å². The molecule has 0 saturated carbocycles. The molecule has 1 heterocycles. The molecule has 3 nitrogen and oxygen atoms in total. The molecule has 5 heteroatoms. The van der Waals surface area contributed by atoms with E-state index in [4.69, 9.17) is 22.0 Å². The predicted molar refractivity (Wildman–Crippen MR) is 104 cm³/mol. The Balaban J connectivity index is 2.14. The maximum Gasteiger partial charge on any atom is 0.0966 e. The number of thiol groups is 1. The Labute approximate surface area is 149 Å². The molecule has 2 aromatic carbocycles. The molecule has 0 radical (unpaired) electrons. The third-order valence-corrected chi connectivity index (χ3v) is 4.51. The number of benzene rings is 2. The molecule has 1 aliphatic rings. The van der Waals surface area contributed by atoms with Gasteiger partial charge in [0.2, 0.25) is 0 Å². The molecule has 0 amide bonds. The fourth-order valence-corrected chi connectivity index (χ4v) is 3.29. The topological polar surface area (TPSA) is 49.1 Å². The van der Waals surface area contributed by atoms with Crippen molar-refractivity contribution in [3.05, 3.63) is 70.8 Å². The molecule has 1 aliphatic carbocycles. The van der Waals surface area contributed by atoms with Gasteiger partial charge in [-0.05, 0) is 37.1 Å². The van der Waals surface area contributed by atoms with Crippen molar-refractivity contribution in [1.29, 1.82) is 5.41 Å². The van der Waals surface area contributed by atoms with Gasteiger partial charge in [-0.2, -0.15) is 0 Å². The lowest BCUT2D eigenvalue weighted by atomic mass is 9.88. The number of allylic oxidation sites excluding steroid dienone is 1. The van der Waals surface area contributed by atoms with E-state index in [1.54, 1.807) is 6.08 Å². The summed E-state index contributed by atoms with van der Waals surface area (Å²) in [5, 5.41) is 10.0. The first-order valence-corrected chi connectivity index (χ1v) is 8.15. The largest absolute Gasteiger partial charge is 0.298 e. The van der Waals surface area contributed by atoms with Crippen LogP contribution in [0.5, 0.6) is 0 Å². The van der Waals surface area contributed by atoms with Gasteiger partial charge in [0.05, 0.1) is 22.6 Å². The first-order chi connectivity index (χ1) is 11.7. The molecule has 24 heavy (non-hydrogen) atoms. The average molecular weight is 350 g/mol. The van der Waals surface area contributed by atoms with Crippen molar-refractivity contribution in [1.82, 2.24) is 4.98 Å². The van der Waals surface area contributed by atoms with Gasteiger partial charge in [0.1, 0.15) is 0 Å². The van der Waals surface area contributed by atoms with E-state index in [-0.39, 0.29) is 0 Å². The van der Waals surface area contributed by atoms with Crippen molar-refractivity contribution < 1.29 is 0 Å². The zero-order valence-corrected chi connectivity index (χ0v) is 14.1. The number of fused-ring (bicyclic) bond motifs is 3. The van der Waals surface area contributed by atoms with E-state index in [9.17, 15) is 0 Å². The lowest BCUT2D eigenvalue weighted by molar-refractivity contribution is 1.37. The number of nitrogens with one attached hydrogen (secondary N) is 1. The van der Waals surface area contributed by atoms with E-state index >= 15 is 0 Å². The van der Waals surface area contributed by atoms with Crippen molar-refractivity contribution in [3.8, 4) is 11.3 Å². The van der Waals surface area contributed by atoms with Crippen molar-refractivity contribution in [2.45, 2.75) is 0 Å². The van der Waals surface area contributed by atoms with Crippen molar-refractivity contribution in [2.24, 2.45) is 4.40 Å². The molecule has 3 aromatic rings. The van der Waals surface area contributed by atoms with Crippen LogP contribution in [-0.2, 0) is 0 Å². The minimum atomic E-state index is 0.342. The summed E-state index contributed by atoms with van der Waals surface area (Å²) in [4.78, 5) is 4.81. The Morgan fingerprint density at radius 3 is 2.58 bits per heavy atom. The van der Waals surface area contributed by atoms with E-state index in [1.165, 1.54) is 0 Å². The summed E-state index contributed by atoms with van der Waals surface area (Å²) in [7, 11) is 0. The Morgan fingerprint density at radius 2 is 1.83 bits per heavy atom. The number of hydrogen-bond donors (Lipinski definition) is 2. The third-order valence-electron chi connectivity index (χ3n) is 4.05. The van der Waals surface area contributed by atoms with Crippen LogP contribution >= 0.6 is 24.4 Å². The minimum absolute atomic E-state index is 0.342. The lowest BCUT2D eigenvalue weighted by Gasteiger charge is -2.19. The molecule has 0 spiro atoms. The van der Waals surface area contributed by atoms with Crippen molar-refractivity contribution >= 4 is 52.8 Å². The summed E-state index contributed by atoms with van der Waals surface area (Å²) in [6.45, 7) is 0. The van der Waals surface area contributed by atoms with E-state index < -0.39 is 0 Å². The number of rotatable bonds is 1. The Bertz CT molecular complexity index is 1040. The summed E-state index contributed by atoms with van der Waals surface area (Å²) >= 11 is 10.1. The van der Waals surface area contributed by atoms with Crippen LogP contribution in [0.1, 0.15) is 11.1 Å². The molecule has 0 bridgehead atoms. The second-order valence-electron chi connectivity index (χ2n) is 5.47. The molecular formula is C19H12ClN3S. The third kappa shape index (κ3) is 2.35. The zero-order valence-electron chi connectivity index (χ0n) is 12.5. The lowest BCUT2D eigenvalue weighted by Crippen LogP contribution is -2.18. The summed E-state index contributed by atoms with van der Waals surface area (Å²) in [6, 6.07) is 15.5. The van der Waals surface area contributed by atoms with Crippen molar-refractivity contribution in [3.63, 3.8) is 0 Å². The van der Waals surface area contributed by atoms with Crippen LogP contribution < -0.4 is 0 Å². The summed E-state index contributed by atoms with van der Waals surface area (Å²) in [6.07, 6.45) is 3.75. The van der Waals surface area contributed by atoms with E-state index in [0.29, 0.717) is 16.4 Å². The smallest absolute Gasteiger partial charge is 0.0966 e. The quantitative estimate of drug-likeness (QED) is 0.580. The molecule has 116 valence electrons. The van der Waals surface area contributed by atoms with Crippen LogP contribution in [0.4, 0.5) is 0 Å². The van der Waals surface area contributed by atoms with Gasteiger partial charge in [-0.25, -0.2) is 9.38 Å². The van der Waals surface area contributed by atoms with Gasteiger partial charge in [-0.1, -0.05) is 48.0 Å². The van der Waals surface area contributed by atoms with Crippen LogP contribution in [0, 0.1) is 5.41 Å². The standard InChI is InChI=1S/C19H12ClN3S/c20-12-6-7-13-16(10-12)22-19(11-4-2-1-3-5-11)14-8-9-15(23-24)18(21)17(13)14/h1-10,21,24H/b21-18?,23-15-. The molecule has 1 N–H and O–H groups in total. The van der Waals surface area contributed by atoms with Gasteiger partial charge in [0.15, 0.2) is 0 Å². The number of hydrogen-bond acceptors (Lipinski definition) is 4. The fraction of sp³-hybridized carbons (Fsp3) is 0. The van der Waals surface area contributed by atoms with E-state index in [0.717, 1.165) is 33.3 Å². The van der Waals surface area contributed by atoms with Gasteiger partial charge in [-0.3, -0.25) is 5.41 Å². The first-order valence-electron chi connectivity index (χ1n) is 7.37. The summed E-state index contributed by atoms with van der Waals surface area (Å²) < 4.78 is 3.91. The van der Waals surface area contributed by atoms with Gasteiger partial charge < -0.3 is 0 Å². The number of nitrogens with zero attached hydrogens (tertiary/aromatic N) is 2. The van der Waals surface area contributed by atoms with Crippen molar-refractivity contribution in [2.75, 3.05) is 0 Å². The summed E-state index contributed by atoms with van der Waals surface area (Å²) in [5.41, 5.74) is 5.20. The zero-order chi connectivity index (χ0) is 16.7. The number of aromatic nitrogens is 1. The average Bonchev–Trinajstić information content (AvgIpc) is 2.61. The van der Waals surface area contributed by atoms with Crippen LogP contribution in [0.3, 0.4) is 0 Å². The molecule has 0 saturated heterocycles. The highest BCUT2D eigenvalue weighted by molar-refractivity contribution is 7.79. The number of pyridine rings is 1. The SMILES string of the molecule is N=C1/C(=N\S)C=Cc2c(-c3ccccc3)nc3cc(Cl)ccc3c21. The highest BCUT2D eigenvalue weighted by Gasteiger charge is 2.23. The molecule has 4 rings (SSSR count). The Morgan fingerprint density at radius 1 is 1.04 bits per heavy atom. The minimum Gasteiger partial charge on any atom is -0.298 e. The Kier molecular flexibility index (Phi) is 3.71. The number of halogens is 1. The Hall–Kier alpha value is -2.43. The van der Waals surface area contributed by atoms with Crippen LogP contribution in [-0.4, -0.2) is 16.4 Å². The predicted octanol–water partition coefficient (Wildman–Crippen LogP) is 5.24. The maximum absolute atomic E-state index is 8.53. The summed E-state index contributed by atoms with van der Waals surface area (Å²) in [5.74, 6) is 0. The molecule has 0 fully saturated rings. The monoisotopic (exact) mass is 349 g/mol. The maximum atomic E-state index is 8.53. The normalized spacial score (nSPS) is 15.1. The highest BCUT2D eigenvalue weighted by Crippen LogP contribution is 2.34. The molecule has 0 aliphatic heterocycles. The van der Waals surface area contributed by atoms with Crippen LogP contribution in [0.15, 0.2) is 59.0 Å². The van der Waals surface area contributed by atoms with Crippen LogP contribution in [0.25, 0.3) is 28.2 Å². The second kappa shape index (κ2) is 5.89. The fourth-order valence-electron chi connectivity index (χ4n) is 2.96. The van der Waals surface area contributed by atoms with Gasteiger partial charge in [0, 0.05) is 27.1 Å². The van der Waals surface area contributed by atoms with E-state index in [1.807, 2.05) is 54.6 Å².